The zero-order valence-electron chi connectivity index (χ0n) is 13.8. The van der Waals surface area contributed by atoms with Crippen molar-refractivity contribution < 1.29 is 14.3 Å². The lowest BCUT2D eigenvalue weighted by atomic mass is 10.3. The molecule has 0 fully saturated rings. The number of rotatable bonds is 8. The fourth-order valence-electron chi connectivity index (χ4n) is 2.14. The number of aromatic nitrogens is 2. The maximum absolute atomic E-state index is 12.1. The molecule has 0 bridgehead atoms. The van der Waals surface area contributed by atoms with Crippen molar-refractivity contribution in [2.75, 3.05) is 18.5 Å². The smallest absolute Gasteiger partial charge is 0.263 e. The molecular formula is C17H20N4O3. The Morgan fingerprint density at radius 3 is 2.71 bits per heavy atom. The van der Waals surface area contributed by atoms with Gasteiger partial charge in [-0.05, 0) is 26.0 Å². The molecule has 0 radical (unpaired) electrons. The highest BCUT2D eigenvalue weighted by Gasteiger charge is 2.11. The molecule has 1 amide bonds. The van der Waals surface area contributed by atoms with E-state index in [0.29, 0.717) is 36.9 Å². The Balaban J connectivity index is 1.96. The van der Waals surface area contributed by atoms with Gasteiger partial charge in [-0.2, -0.15) is 10.4 Å². The summed E-state index contributed by atoms with van der Waals surface area (Å²) >= 11 is 0. The summed E-state index contributed by atoms with van der Waals surface area (Å²) in [5.74, 6) is 1.36. The minimum Gasteiger partial charge on any atom is -0.490 e. The van der Waals surface area contributed by atoms with E-state index in [1.165, 1.54) is 0 Å². The normalized spacial score (nSPS) is 10.0. The van der Waals surface area contributed by atoms with Gasteiger partial charge < -0.3 is 14.8 Å². The van der Waals surface area contributed by atoms with Crippen molar-refractivity contribution in [3.8, 4) is 17.6 Å². The van der Waals surface area contributed by atoms with Crippen molar-refractivity contribution in [3.05, 3.63) is 36.0 Å². The highest BCUT2D eigenvalue weighted by molar-refractivity contribution is 5.91. The van der Waals surface area contributed by atoms with Crippen LogP contribution in [0.5, 0.6) is 11.5 Å². The summed E-state index contributed by atoms with van der Waals surface area (Å²) in [4.78, 5) is 12.1. The van der Waals surface area contributed by atoms with Crippen LogP contribution in [-0.4, -0.2) is 28.9 Å². The zero-order valence-corrected chi connectivity index (χ0v) is 13.8. The summed E-state index contributed by atoms with van der Waals surface area (Å²) in [5, 5.41) is 15.7. The monoisotopic (exact) mass is 328 g/mol. The van der Waals surface area contributed by atoms with Gasteiger partial charge in [0.25, 0.3) is 5.91 Å². The van der Waals surface area contributed by atoms with Gasteiger partial charge in [0.05, 0.1) is 31.3 Å². The predicted octanol–water partition coefficient (Wildman–Crippen LogP) is 2.52. The molecule has 0 aliphatic heterocycles. The predicted molar refractivity (Wildman–Crippen MR) is 88.9 cm³/mol. The first-order valence-corrected chi connectivity index (χ1v) is 7.70. The van der Waals surface area contributed by atoms with Crippen LogP contribution in [0.4, 0.5) is 5.82 Å². The number of nitrogens with one attached hydrogen (secondary N) is 1. The molecule has 126 valence electrons. The minimum absolute atomic E-state index is 0.146. The van der Waals surface area contributed by atoms with Crippen LogP contribution in [0, 0.1) is 18.3 Å². The molecule has 0 saturated carbocycles. The van der Waals surface area contributed by atoms with E-state index in [2.05, 4.69) is 16.5 Å². The molecule has 0 aliphatic rings. The molecule has 1 heterocycles. The number of nitrogens with zero attached hydrogens (tertiary/aromatic N) is 3. The average Bonchev–Trinajstić information content (AvgIpc) is 2.91. The molecule has 0 spiro atoms. The third kappa shape index (κ3) is 4.74. The van der Waals surface area contributed by atoms with Crippen LogP contribution < -0.4 is 14.8 Å². The van der Waals surface area contributed by atoms with Gasteiger partial charge in [-0.15, -0.1) is 0 Å². The molecule has 0 aliphatic carbocycles. The number of ether oxygens (including phenoxy) is 2. The van der Waals surface area contributed by atoms with Gasteiger partial charge in [-0.25, -0.2) is 4.68 Å². The minimum atomic E-state index is -0.306. The van der Waals surface area contributed by atoms with Crippen molar-refractivity contribution in [2.24, 2.45) is 0 Å². The average molecular weight is 328 g/mol. The molecule has 0 atom stereocenters. The zero-order chi connectivity index (χ0) is 17.4. The number of nitriles is 1. The fraction of sp³-hybridized carbons (Fsp3) is 0.353. The Labute approximate surface area is 140 Å². The lowest BCUT2D eigenvalue weighted by Crippen LogP contribution is -2.22. The Bertz CT molecular complexity index is 734. The lowest BCUT2D eigenvalue weighted by molar-refractivity contribution is -0.118. The maximum atomic E-state index is 12.1. The number of carbonyl (C=O) groups excluding carboxylic acids is 1. The second-order valence-electron chi connectivity index (χ2n) is 5.02. The number of carbonyl (C=O) groups is 1. The van der Waals surface area contributed by atoms with E-state index in [4.69, 9.17) is 14.7 Å². The number of benzene rings is 1. The van der Waals surface area contributed by atoms with Crippen LogP contribution in [-0.2, 0) is 11.3 Å². The summed E-state index contributed by atoms with van der Waals surface area (Å²) in [7, 11) is 0. The van der Waals surface area contributed by atoms with Crippen LogP contribution in [0.25, 0.3) is 0 Å². The first kappa shape index (κ1) is 17.3. The van der Waals surface area contributed by atoms with E-state index in [9.17, 15) is 4.79 Å². The van der Waals surface area contributed by atoms with Gasteiger partial charge in [0.1, 0.15) is 5.82 Å². The molecule has 2 aromatic rings. The molecule has 1 aromatic carbocycles. The molecule has 7 heteroatoms. The van der Waals surface area contributed by atoms with E-state index < -0.39 is 0 Å². The molecule has 1 N–H and O–H groups in total. The Morgan fingerprint density at radius 1 is 1.33 bits per heavy atom. The molecule has 24 heavy (non-hydrogen) atoms. The number of anilines is 1. The molecule has 0 unspecified atom stereocenters. The van der Waals surface area contributed by atoms with E-state index in [1.807, 2.05) is 26.0 Å². The van der Waals surface area contributed by atoms with Crippen molar-refractivity contribution in [2.45, 2.75) is 26.8 Å². The van der Waals surface area contributed by atoms with Gasteiger partial charge in [0.15, 0.2) is 18.1 Å². The van der Waals surface area contributed by atoms with Gasteiger partial charge in [0, 0.05) is 6.07 Å². The highest BCUT2D eigenvalue weighted by atomic mass is 16.5. The molecule has 0 saturated heterocycles. The lowest BCUT2D eigenvalue weighted by Gasteiger charge is -2.12. The third-order valence-electron chi connectivity index (χ3n) is 3.11. The van der Waals surface area contributed by atoms with Gasteiger partial charge in [-0.1, -0.05) is 12.1 Å². The molecular weight excluding hydrogens is 308 g/mol. The first-order valence-electron chi connectivity index (χ1n) is 7.70. The van der Waals surface area contributed by atoms with E-state index in [1.54, 1.807) is 22.9 Å². The fourth-order valence-corrected chi connectivity index (χ4v) is 2.14. The number of hydrogen-bond acceptors (Lipinski definition) is 5. The molecule has 2 rings (SSSR count). The molecule has 1 aromatic heterocycles. The molecule has 7 nitrogen and oxygen atoms in total. The van der Waals surface area contributed by atoms with Crippen molar-refractivity contribution in [3.63, 3.8) is 0 Å². The van der Waals surface area contributed by atoms with Crippen molar-refractivity contribution in [1.29, 1.82) is 5.26 Å². The summed E-state index contributed by atoms with van der Waals surface area (Å²) in [6.45, 7) is 4.51. The number of hydrogen-bond donors (Lipinski definition) is 1. The van der Waals surface area contributed by atoms with Crippen molar-refractivity contribution in [1.82, 2.24) is 9.78 Å². The SMILES string of the molecule is CCOc1ccccc1OCC(=O)Nc1cc(C)nn1CCC#N. The van der Waals surface area contributed by atoms with Gasteiger partial charge in [-0.3, -0.25) is 4.79 Å². The Morgan fingerprint density at radius 2 is 2.04 bits per heavy atom. The second-order valence-corrected chi connectivity index (χ2v) is 5.02. The topological polar surface area (TPSA) is 89.2 Å². The van der Waals surface area contributed by atoms with Gasteiger partial charge >= 0.3 is 0 Å². The van der Waals surface area contributed by atoms with E-state index in [0.717, 1.165) is 5.69 Å². The summed E-state index contributed by atoms with van der Waals surface area (Å²) in [6, 6.07) is 11.0. The van der Waals surface area contributed by atoms with E-state index >= 15 is 0 Å². The van der Waals surface area contributed by atoms with Crippen LogP contribution in [0.1, 0.15) is 19.0 Å². The quantitative estimate of drug-likeness (QED) is 0.804. The van der Waals surface area contributed by atoms with E-state index in [-0.39, 0.29) is 12.5 Å². The number of amides is 1. The number of aryl methyl sites for hydroxylation is 2. The second kappa shape index (κ2) is 8.58. The summed E-state index contributed by atoms with van der Waals surface area (Å²) in [5.41, 5.74) is 0.769. The third-order valence-corrected chi connectivity index (χ3v) is 3.11. The van der Waals surface area contributed by atoms with Crippen molar-refractivity contribution >= 4 is 11.7 Å². The standard InChI is InChI=1S/C17H20N4O3/c1-3-23-14-7-4-5-8-15(14)24-12-17(22)19-16-11-13(2)20-21(16)10-6-9-18/h4-5,7-8,11H,3,6,10,12H2,1-2H3,(H,19,22). The number of para-hydroxylation sites is 2. The van der Waals surface area contributed by atoms with Crippen LogP contribution in [0.2, 0.25) is 0 Å². The first-order chi connectivity index (χ1) is 11.6. The Kier molecular flexibility index (Phi) is 6.20. The van der Waals surface area contributed by atoms with Crippen LogP contribution in [0.15, 0.2) is 30.3 Å². The highest BCUT2D eigenvalue weighted by Crippen LogP contribution is 2.26. The van der Waals surface area contributed by atoms with Gasteiger partial charge in [0.2, 0.25) is 0 Å². The summed E-state index contributed by atoms with van der Waals surface area (Å²) < 4.78 is 12.6. The maximum Gasteiger partial charge on any atom is 0.263 e. The van der Waals surface area contributed by atoms with Crippen LogP contribution >= 0.6 is 0 Å². The largest absolute Gasteiger partial charge is 0.490 e. The Hall–Kier alpha value is -3.01. The van der Waals surface area contributed by atoms with Crippen LogP contribution in [0.3, 0.4) is 0 Å². The summed E-state index contributed by atoms with van der Waals surface area (Å²) in [6.07, 6.45) is 0.322.